The van der Waals surface area contributed by atoms with Crippen molar-refractivity contribution < 1.29 is 0 Å². The van der Waals surface area contributed by atoms with Crippen LogP contribution in [0.5, 0.6) is 0 Å². The molecule has 0 aliphatic carbocycles. The third kappa shape index (κ3) is 2.98. The van der Waals surface area contributed by atoms with E-state index in [0.29, 0.717) is 15.1 Å². The second-order valence-corrected chi connectivity index (χ2v) is 2.73. The first-order chi connectivity index (χ1) is 5.22. The molecular formula is C7H4Cl3N. The molecule has 58 valence electrons. The van der Waals surface area contributed by atoms with Gasteiger partial charge >= 0.3 is 0 Å². The van der Waals surface area contributed by atoms with E-state index in [9.17, 15) is 0 Å². The molecule has 1 aromatic rings. The van der Waals surface area contributed by atoms with Gasteiger partial charge in [0.15, 0.2) is 0 Å². The fourth-order valence-electron chi connectivity index (χ4n) is 0.477. The number of rotatable bonds is 0. The summed E-state index contributed by atoms with van der Waals surface area (Å²) in [5.74, 6) is 0. The first-order valence-electron chi connectivity index (χ1n) is 2.57. The van der Waals surface area contributed by atoms with Gasteiger partial charge in [-0.15, -0.1) is 0 Å². The lowest BCUT2D eigenvalue weighted by molar-refractivity contribution is 1.58. The molecule has 4 heteroatoms. The minimum absolute atomic E-state index is 0.417. The molecule has 1 nitrogen and oxygen atoms in total. The maximum atomic E-state index is 6.50. The Morgan fingerprint density at radius 3 is 1.64 bits per heavy atom. The van der Waals surface area contributed by atoms with Crippen LogP contribution in [0.25, 0.3) is 0 Å². The van der Waals surface area contributed by atoms with Gasteiger partial charge in [0.05, 0.1) is 15.1 Å². The zero-order valence-corrected chi connectivity index (χ0v) is 7.66. The van der Waals surface area contributed by atoms with Gasteiger partial charge in [-0.3, -0.25) is 0 Å². The van der Waals surface area contributed by atoms with E-state index in [4.69, 9.17) is 40.1 Å². The smallest absolute Gasteiger partial charge is 0.0778 e. The first-order valence-corrected chi connectivity index (χ1v) is 3.70. The van der Waals surface area contributed by atoms with Crippen LogP contribution in [0.3, 0.4) is 0 Å². The van der Waals surface area contributed by atoms with E-state index in [1.165, 1.54) is 0 Å². The van der Waals surface area contributed by atoms with Gasteiger partial charge in [0.1, 0.15) is 0 Å². The van der Waals surface area contributed by atoms with E-state index in [1.54, 1.807) is 18.2 Å². The molecule has 0 saturated heterocycles. The highest BCUT2D eigenvalue weighted by Crippen LogP contribution is 2.28. The highest BCUT2D eigenvalue weighted by Gasteiger charge is 1.98. The van der Waals surface area contributed by atoms with Crippen LogP contribution >= 0.6 is 34.8 Å². The van der Waals surface area contributed by atoms with Crippen molar-refractivity contribution >= 4 is 34.8 Å². The number of benzene rings is 1. The lowest BCUT2D eigenvalue weighted by Gasteiger charge is -1.94. The van der Waals surface area contributed by atoms with E-state index in [0.717, 1.165) is 0 Å². The lowest BCUT2D eigenvalue weighted by atomic mass is 10.4. The molecule has 0 atom stereocenters. The molecule has 0 N–H and O–H groups in total. The van der Waals surface area contributed by atoms with Gasteiger partial charge in [0.25, 0.3) is 0 Å². The van der Waals surface area contributed by atoms with Crippen molar-refractivity contribution in [2.75, 3.05) is 0 Å². The SMILES string of the molecule is C#N.Clc1cccc(Cl)c1Cl. The zero-order valence-electron chi connectivity index (χ0n) is 5.39. The normalized spacial score (nSPS) is 8.09. The highest BCUT2D eigenvalue weighted by atomic mass is 35.5. The van der Waals surface area contributed by atoms with E-state index in [1.807, 2.05) is 0 Å². The Hall–Kier alpha value is -0.420. The van der Waals surface area contributed by atoms with Gasteiger partial charge in [-0.2, -0.15) is 0 Å². The van der Waals surface area contributed by atoms with Crippen LogP contribution in [0.15, 0.2) is 18.2 Å². The molecule has 1 aromatic carbocycles. The van der Waals surface area contributed by atoms with Crippen LogP contribution in [-0.2, 0) is 0 Å². The minimum atomic E-state index is 0.417. The maximum Gasteiger partial charge on any atom is 0.0778 e. The van der Waals surface area contributed by atoms with Crippen molar-refractivity contribution in [2.24, 2.45) is 0 Å². The summed E-state index contributed by atoms with van der Waals surface area (Å²) < 4.78 is 0. The molecule has 0 spiro atoms. The topological polar surface area (TPSA) is 23.8 Å². The summed E-state index contributed by atoms with van der Waals surface area (Å²) >= 11 is 16.8. The second-order valence-electron chi connectivity index (χ2n) is 1.54. The van der Waals surface area contributed by atoms with Crippen LogP contribution in [0.2, 0.25) is 15.1 Å². The average Bonchev–Trinajstić information content (AvgIpc) is 2.04. The Bertz CT molecular complexity index is 237. The standard InChI is InChI=1S/C6H3Cl3.CHN/c7-4-2-1-3-5(8)6(4)9;1-2/h1-3H;1H. The van der Waals surface area contributed by atoms with Gasteiger partial charge in [-0.1, -0.05) is 40.9 Å². The van der Waals surface area contributed by atoms with E-state index < -0.39 is 0 Å². The number of halogens is 3. The quantitative estimate of drug-likeness (QED) is 0.595. The molecule has 0 aromatic heterocycles. The second kappa shape index (κ2) is 5.26. The monoisotopic (exact) mass is 207 g/mol. The molecule has 1 rings (SSSR count). The number of hydrogen-bond acceptors (Lipinski definition) is 1. The summed E-state index contributed by atoms with van der Waals surface area (Å²) in [6.45, 7) is 3.50. The summed E-state index contributed by atoms with van der Waals surface area (Å²) in [6, 6.07) is 5.13. The molecule has 0 bridgehead atoms. The number of hydrogen-bond donors (Lipinski definition) is 0. The highest BCUT2D eigenvalue weighted by molar-refractivity contribution is 6.47. The Balaban J connectivity index is 0.000000461. The molecule has 0 aliphatic rings. The Kier molecular flexibility index (Phi) is 5.06. The molecule has 0 amide bonds. The molecule has 0 unspecified atom stereocenters. The Morgan fingerprint density at radius 2 is 1.36 bits per heavy atom. The van der Waals surface area contributed by atoms with Gasteiger partial charge in [0.2, 0.25) is 0 Å². The Morgan fingerprint density at radius 1 is 1.00 bits per heavy atom. The summed E-state index contributed by atoms with van der Waals surface area (Å²) in [5, 5.41) is 7.90. The average molecular weight is 208 g/mol. The molecule has 11 heavy (non-hydrogen) atoms. The summed E-state index contributed by atoms with van der Waals surface area (Å²) in [5.41, 5.74) is 0. The fraction of sp³-hybridized carbons (Fsp3) is 0. The summed E-state index contributed by atoms with van der Waals surface area (Å²) in [6.07, 6.45) is 0. The van der Waals surface area contributed by atoms with E-state index >= 15 is 0 Å². The zero-order chi connectivity index (χ0) is 8.85. The van der Waals surface area contributed by atoms with Crippen LogP contribution in [0.4, 0.5) is 0 Å². The summed E-state index contributed by atoms with van der Waals surface area (Å²) in [7, 11) is 0. The number of nitriles is 1. The molecule has 0 fully saturated rings. The van der Waals surface area contributed by atoms with Crippen molar-refractivity contribution in [2.45, 2.75) is 0 Å². The van der Waals surface area contributed by atoms with Crippen molar-refractivity contribution in [3.8, 4) is 6.57 Å². The Labute approximate surface area is 80.1 Å². The predicted octanol–water partition coefficient (Wildman–Crippen LogP) is 3.79. The first kappa shape index (κ1) is 10.6. The lowest BCUT2D eigenvalue weighted by Crippen LogP contribution is -1.67. The van der Waals surface area contributed by atoms with E-state index in [2.05, 4.69) is 6.57 Å². The third-order valence-corrected chi connectivity index (χ3v) is 2.14. The van der Waals surface area contributed by atoms with Gasteiger partial charge < -0.3 is 0 Å². The third-order valence-electron chi connectivity index (χ3n) is 0.904. The molecule has 0 heterocycles. The van der Waals surface area contributed by atoms with Crippen LogP contribution in [0.1, 0.15) is 0 Å². The van der Waals surface area contributed by atoms with Crippen molar-refractivity contribution in [1.82, 2.24) is 0 Å². The minimum Gasteiger partial charge on any atom is -0.202 e. The van der Waals surface area contributed by atoms with Crippen molar-refractivity contribution in [3.63, 3.8) is 0 Å². The van der Waals surface area contributed by atoms with Crippen LogP contribution in [-0.4, -0.2) is 0 Å². The molecular weight excluding hydrogens is 204 g/mol. The number of nitrogens with zero attached hydrogens (tertiary/aromatic N) is 1. The van der Waals surface area contributed by atoms with E-state index in [-0.39, 0.29) is 0 Å². The van der Waals surface area contributed by atoms with Gasteiger partial charge in [0, 0.05) is 6.57 Å². The van der Waals surface area contributed by atoms with Crippen LogP contribution in [0, 0.1) is 11.8 Å². The van der Waals surface area contributed by atoms with Crippen LogP contribution < -0.4 is 0 Å². The molecule has 0 saturated carbocycles. The van der Waals surface area contributed by atoms with Gasteiger partial charge in [-0.25, -0.2) is 5.26 Å². The summed E-state index contributed by atoms with van der Waals surface area (Å²) in [4.78, 5) is 0. The largest absolute Gasteiger partial charge is 0.202 e. The molecule has 0 radical (unpaired) electrons. The fourth-order valence-corrected chi connectivity index (χ4v) is 1.00. The molecule has 0 aliphatic heterocycles. The van der Waals surface area contributed by atoms with Crippen molar-refractivity contribution in [1.29, 1.82) is 5.26 Å². The maximum absolute atomic E-state index is 6.50. The van der Waals surface area contributed by atoms with Crippen molar-refractivity contribution in [3.05, 3.63) is 33.3 Å². The van der Waals surface area contributed by atoms with Gasteiger partial charge in [-0.05, 0) is 12.1 Å². The predicted molar refractivity (Wildman–Crippen MR) is 48.1 cm³/mol.